The van der Waals surface area contributed by atoms with Crippen molar-refractivity contribution in [1.29, 1.82) is 0 Å². The highest BCUT2D eigenvalue weighted by molar-refractivity contribution is 5.63. The molecule has 4 aromatic rings. The lowest BCUT2D eigenvalue weighted by molar-refractivity contribution is 0.0672. The molecule has 0 aliphatic carbocycles. The van der Waals surface area contributed by atoms with Crippen LogP contribution in [0, 0.1) is 0 Å². The maximum Gasteiger partial charge on any atom is 0.126 e. The molecule has 0 saturated heterocycles. The quantitative estimate of drug-likeness (QED) is 0.216. The molecule has 0 fully saturated rings. The summed E-state index contributed by atoms with van der Waals surface area (Å²) < 4.78 is 18.5. The van der Waals surface area contributed by atoms with E-state index in [1.54, 1.807) is 12.2 Å². The van der Waals surface area contributed by atoms with E-state index < -0.39 is 12.0 Å². The lowest BCUT2D eigenvalue weighted by atomic mass is 9.89. The lowest BCUT2D eigenvalue weighted by Gasteiger charge is -2.31. The SMILES string of the molecule is O[C@H]1/C=C\CN(O)c2cc(COCc3ccccc3)cc(OCc3ccccc3)c2[C@@H]1COCc1ccccc1. The molecule has 0 amide bonds. The third-order valence-electron chi connectivity index (χ3n) is 6.88. The molecule has 0 aromatic heterocycles. The van der Waals surface area contributed by atoms with Gasteiger partial charge in [0.05, 0.1) is 44.8 Å². The normalized spacial score (nSPS) is 17.5. The lowest BCUT2D eigenvalue weighted by Crippen LogP contribution is -2.29. The summed E-state index contributed by atoms with van der Waals surface area (Å²) >= 11 is 0. The first-order chi connectivity index (χ1) is 19.7. The predicted molar refractivity (Wildman–Crippen MR) is 155 cm³/mol. The Morgan fingerprint density at radius 2 is 1.23 bits per heavy atom. The van der Waals surface area contributed by atoms with Gasteiger partial charge >= 0.3 is 0 Å². The van der Waals surface area contributed by atoms with E-state index in [2.05, 4.69) is 0 Å². The highest BCUT2D eigenvalue weighted by atomic mass is 16.5. The summed E-state index contributed by atoms with van der Waals surface area (Å²) in [5.74, 6) is 0.122. The molecule has 0 spiro atoms. The molecule has 2 atom stereocenters. The van der Waals surface area contributed by atoms with E-state index in [4.69, 9.17) is 14.2 Å². The average Bonchev–Trinajstić information content (AvgIpc) is 2.99. The van der Waals surface area contributed by atoms with Crippen LogP contribution in [-0.2, 0) is 35.9 Å². The van der Waals surface area contributed by atoms with Gasteiger partial charge < -0.3 is 19.3 Å². The highest BCUT2D eigenvalue weighted by Crippen LogP contribution is 2.41. The molecule has 1 heterocycles. The van der Waals surface area contributed by atoms with Crippen LogP contribution in [0.3, 0.4) is 0 Å². The summed E-state index contributed by atoms with van der Waals surface area (Å²) in [6.07, 6.45) is 2.66. The Kier molecular flexibility index (Phi) is 9.61. The number of anilines is 1. The average molecular weight is 538 g/mol. The third kappa shape index (κ3) is 7.37. The van der Waals surface area contributed by atoms with Crippen LogP contribution in [0.1, 0.15) is 33.7 Å². The van der Waals surface area contributed by atoms with Gasteiger partial charge in [-0.15, -0.1) is 0 Å². The van der Waals surface area contributed by atoms with Crippen LogP contribution in [0.4, 0.5) is 5.69 Å². The molecular weight excluding hydrogens is 502 g/mol. The molecule has 0 radical (unpaired) electrons. The summed E-state index contributed by atoms with van der Waals surface area (Å²) in [7, 11) is 0. The zero-order chi connectivity index (χ0) is 27.6. The minimum atomic E-state index is -0.817. The molecule has 6 nitrogen and oxygen atoms in total. The molecular formula is C34H35NO5. The first-order valence-corrected chi connectivity index (χ1v) is 13.6. The smallest absolute Gasteiger partial charge is 0.126 e. The fourth-order valence-electron chi connectivity index (χ4n) is 4.82. The van der Waals surface area contributed by atoms with Crippen LogP contribution in [0.5, 0.6) is 5.75 Å². The highest BCUT2D eigenvalue weighted by Gasteiger charge is 2.30. The van der Waals surface area contributed by atoms with Crippen LogP contribution in [-0.4, -0.2) is 29.6 Å². The number of hydrogen-bond acceptors (Lipinski definition) is 6. The van der Waals surface area contributed by atoms with Crippen LogP contribution in [0.15, 0.2) is 115 Å². The Morgan fingerprint density at radius 3 is 1.85 bits per heavy atom. The van der Waals surface area contributed by atoms with Gasteiger partial charge in [0.25, 0.3) is 0 Å². The summed E-state index contributed by atoms with van der Waals surface area (Å²) in [6, 6.07) is 33.7. The standard InChI is InChI=1S/C34H35NO5/c36-32-17-10-18-35(37)31-19-29(23-38-21-26-11-4-1-5-12-26)20-33(40-24-28-15-8-3-9-16-28)34(31)30(32)25-39-22-27-13-6-2-7-14-27/h1-17,19-20,30,32,36-37H,18,21-25H2/b17-10-/t30-,32+/m1/s1. The largest absolute Gasteiger partial charge is 0.489 e. The zero-order valence-corrected chi connectivity index (χ0v) is 22.4. The van der Waals surface area contributed by atoms with E-state index in [-0.39, 0.29) is 13.2 Å². The van der Waals surface area contributed by atoms with Gasteiger partial charge in [0.15, 0.2) is 0 Å². The van der Waals surface area contributed by atoms with Gasteiger partial charge in [0.1, 0.15) is 12.4 Å². The molecule has 0 saturated carbocycles. The minimum Gasteiger partial charge on any atom is -0.489 e. The molecule has 2 N–H and O–H groups in total. The molecule has 6 heteroatoms. The van der Waals surface area contributed by atoms with Crippen molar-refractivity contribution in [2.24, 2.45) is 0 Å². The number of benzene rings is 4. The molecule has 4 aromatic carbocycles. The molecule has 1 aliphatic heterocycles. The van der Waals surface area contributed by atoms with Gasteiger partial charge in [-0.1, -0.05) is 103 Å². The van der Waals surface area contributed by atoms with E-state index in [1.807, 2.05) is 103 Å². The Labute approximate surface area is 235 Å². The first-order valence-electron chi connectivity index (χ1n) is 13.6. The van der Waals surface area contributed by atoms with Gasteiger partial charge in [0.2, 0.25) is 0 Å². The van der Waals surface area contributed by atoms with Gasteiger partial charge in [-0.05, 0) is 34.4 Å². The van der Waals surface area contributed by atoms with Crippen molar-refractivity contribution in [1.82, 2.24) is 0 Å². The fraction of sp³-hybridized carbons (Fsp3) is 0.235. The molecule has 5 rings (SSSR count). The van der Waals surface area contributed by atoms with Crippen LogP contribution >= 0.6 is 0 Å². The predicted octanol–water partition coefficient (Wildman–Crippen LogP) is 6.41. The second-order valence-corrected chi connectivity index (χ2v) is 9.89. The second kappa shape index (κ2) is 13.9. The van der Waals surface area contributed by atoms with Gasteiger partial charge in [-0.2, -0.15) is 0 Å². The van der Waals surface area contributed by atoms with Gasteiger partial charge in [-0.25, -0.2) is 0 Å². The summed E-state index contributed by atoms with van der Waals surface area (Å²) in [5.41, 5.74) is 5.29. The van der Waals surface area contributed by atoms with Crippen molar-refractivity contribution in [3.8, 4) is 5.75 Å². The number of fused-ring (bicyclic) bond motifs is 1. The van der Waals surface area contributed by atoms with Crippen molar-refractivity contribution in [3.63, 3.8) is 0 Å². The van der Waals surface area contributed by atoms with E-state index in [0.717, 1.165) is 22.3 Å². The summed E-state index contributed by atoms with van der Waals surface area (Å²) in [6.45, 7) is 2.04. The number of aliphatic hydroxyl groups is 1. The third-order valence-corrected chi connectivity index (χ3v) is 6.88. The van der Waals surface area contributed by atoms with Crippen LogP contribution in [0.2, 0.25) is 0 Å². The van der Waals surface area contributed by atoms with E-state index in [1.165, 1.54) is 5.06 Å². The number of hydrogen-bond donors (Lipinski definition) is 2. The number of aliphatic hydroxyl groups excluding tert-OH is 1. The van der Waals surface area contributed by atoms with Crippen molar-refractivity contribution in [3.05, 3.63) is 143 Å². The second-order valence-electron chi connectivity index (χ2n) is 9.89. The molecule has 206 valence electrons. The maximum absolute atomic E-state index is 11.2. The zero-order valence-electron chi connectivity index (χ0n) is 22.4. The van der Waals surface area contributed by atoms with Crippen molar-refractivity contribution < 1.29 is 24.5 Å². The number of hydroxylamine groups is 1. The minimum absolute atomic E-state index is 0.230. The van der Waals surface area contributed by atoms with Crippen molar-refractivity contribution in [2.45, 2.75) is 38.4 Å². The van der Waals surface area contributed by atoms with Crippen molar-refractivity contribution >= 4 is 5.69 Å². The Morgan fingerprint density at radius 1 is 0.675 bits per heavy atom. The Bertz CT molecular complexity index is 1360. The number of rotatable bonds is 11. The summed E-state index contributed by atoms with van der Waals surface area (Å²) in [4.78, 5) is 0. The Balaban J connectivity index is 1.44. The fourth-order valence-corrected chi connectivity index (χ4v) is 4.82. The molecule has 0 unspecified atom stereocenters. The van der Waals surface area contributed by atoms with Gasteiger partial charge in [-0.3, -0.25) is 10.3 Å². The topological polar surface area (TPSA) is 71.4 Å². The van der Waals surface area contributed by atoms with Gasteiger partial charge in [0, 0.05) is 11.5 Å². The van der Waals surface area contributed by atoms with Crippen molar-refractivity contribution in [2.75, 3.05) is 18.2 Å². The molecule has 1 aliphatic rings. The Hall–Kier alpha value is -3.94. The van der Waals surface area contributed by atoms with Crippen LogP contribution < -0.4 is 9.80 Å². The first kappa shape index (κ1) is 27.6. The van der Waals surface area contributed by atoms with E-state index in [9.17, 15) is 10.3 Å². The molecule has 40 heavy (non-hydrogen) atoms. The van der Waals surface area contributed by atoms with Crippen LogP contribution in [0.25, 0.3) is 0 Å². The number of nitrogens with zero attached hydrogens (tertiary/aromatic N) is 1. The van der Waals surface area contributed by atoms with E-state index >= 15 is 0 Å². The molecule has 0 bridgehead atoms. The maximum atomic E-state index is 11.2. The van der Waals surface area contributed by atoms with E-state index in [0.29, 0.717) is 43.4 Å². The monoisotopic (exact) mass is 537 g/mol. The number of ether oxygens (including phenoxy) is 3. The summed E-state index contributed by atoms with van der Waals surface area (Å²) in [5, 5.41) is 23.5.